The molecule has 3 N–H and O–H groups in total. The van der Waals surface area contributed by atoms with Gasteiger partial charge in [-0.3, -0.25) is 4.79 Å². The second-order valence-corrected chi connectivity index (χ2v) is 8.24. The molecule has 0 aliphatic carbocycles. The van der Waals surface area contributed by atoms with Gasteiger partial charge in [0.1, 0.15) is 6.54 Å². The monoisotopic (exact) mass is 439 g/mol. The molecule has 0 saturated heterocycles. The zero-order chi connectivity index (χ0) is 23.5. The van der Waals surface area contributed by atoms with E-state index in [4.69, 9.17) is 19.9 Å². The molecule has 3 aromatic rings. The first kappa shape index (κ1) is 22.9. The number of amides is 1. The lowest BCUT2D eigenvalue weighted by atomic mass is 9.87. The van der Waals surface area contributed by atoms with E-state index in [0.717, 1.165) is 0 Å². The molecule has 0 fully saturated rings. The summed E-state index contributed by atoms with van der Waals surface area (Å²) in [4.78, 5) is 16.8. The molecular formula is C23H29N5O4. The molecule has 9 heteroatoms. The van der Waals surface area contributed by atoms with Crippen LogP contribution < -0.4 is 25.3 Å². The Kier molecular flexibility index (Phi) is 6.57. The molecule has 2 aromatic carbocycles. The Morgan fingerprint density at radius 1 is 1.03 bits per heavy atom. The molecule has 1 heterocycles. The number of methoxy groups -OCH3 is 3. The van der Waals surface area contributed by atoms with Gasteiger partial charge in [-0.1, -0.05) is 32.9 Å². The maximum atomic E-state index is 12.5. The highest BCUT2D eigenvalue weighted by atomic mass is 16.5. The zero-order valence-electron chi connectivity index (χ0n) is 19.2. The van der Waals surface area contributed by atoms with Crippen LogP contribution in [0.15, 0.2) is 36.4 Å². The molecule has 1 aromatic heterocycles. The standard InChI is InChI=1S/C23H29N5O4/c1-23(2,3)15-7-9-16(10-8-15)25-19(29)13-28-22(24)26-21(27-28)14-11-17(30-4)20(32-6)18(12-14)31-5/h7-12H,13H2,1-6H3,(H,25,29)(H2,24,26,27). The van der Waals surface area contributed by atoms with Crippen molar-refractivity contribution in [2.75, 3.05) is 32.4 Å². The minimum Gasteiger partial charge on any atom is -0.493 e. The Hall–Kier alpha value is -3.75. The van der Waals surface area contributed by atoms with Crippen LogP contribution in [0.5, 0.6) is 17.2 Å². The van der Waals surface area contributed by atoms with Gasteiger partial charge in [0.15, 0.2) is 17.3 Å². The van der Waals surface area contributed by atoms with E-state index in [1.54, 1.807) is 12.1 Å². The van der Waals surface area contributed by atoms with Crippen LogP contribution in [0.4, 0.5) is 11.6 Å². The highest BCUT2D eigenvalue weighted by molar-refractivity contribution is 5.90. The third-order valence-electron chi connectivity index (χ3n) is 4.95. The number of rotatable bonds is 7. The highest BCUT2D eigenvalue weighted by Crippen LogP contribution is 2.40. The fourth-order valence-electron chi connectivity index (χ4n) is 3.19. The highest BCUT2D eigenvalue weighted by Gasteiger charge is 2.18. The van der Waals surface area contributed by atoms with Crippen molar-refractivity contribution in [3.05, 3.63) is 42.0 Å². The van der Waals surface area contributed by atoms with Crippen LogP contribution in [0.25, 0.3) is 11.4 Å². The summed E-state index contributed by atoms with van der Waals surface area (Å²) >= 11 is 0. The summed E-state index contributed by atoms with van der Waals surface area (Å²) in [6.07, 6.45) is 0. The van der Waals surface area contributed by atoms with Crippen LogP contribution in [-0.2, 0) is 16.8 Å². The number of anilines is 2. The van der Waals surface area contributed by atoms with Crippen molar-refractivity contribution in [3.8, 4) is 28.6 Å². The summed E-state index contributed by atoms with van der Waals surface area (Å²) in [5.74, 6) is 1.59. The van der Waals surface area contributed by atoms with Gasteiger partial charge in [-0.15, -0.1) is 5.10 Å². The van der Waals surface area contributed by atoms with Crippen molar-refractivity contribution in [2.24, 2.45) is 0 Å². The van der Waals surface area contributed by atoms with Gasteiger partial charge < -0.3 is 25.3 Å². The fraction of sp³-hybridized carbons (Fsp3) is 0.348. The van der Waals surface area contributed by atoms with Crippen molar-refractivity contribution in [1.29, 1.82) is 0 Å². The lowest BCUT2D eigenvalue weighted by Gasteiger charge is -2.19. The second-order valence-electron chi connectivity index (χ2n) is 8.24. The largest absolute Gasteiger partial charge is 0.493 e. The van der Waals surface area contributed by atoms with E-state index >= 15 is 0 Å². The fourth-order valence-corrected chi connectivity index (χ4v) is 3.19. The van der Waals surface area contributed by atoms with Crippen molar-refractivity contribution in [3.63, 3.8) is 0 Å². The number of benzene rings is 2. The predicted octanol–water partition coefficient (Wildman–Crippen LogP) is 3.49. The molecular weight excluding hydrogens is 410 g/mol. The number of nitrogens with zero attached hydrogens (tertiary/aromatic N) is 3. The van der Waals surface area contributed by atoms with E-state index in [9.17, 15) is 4.79 Å². The quantitative estimate of drug-likeness (QED) is 0.579. The minimum absolute atomic E-state index is 0.0426. The summed E-state index contributed by atoms with van der Waals surface area (Å²) < 4.78 is 17.4. The summed E-state index contributed by atoms with van der Waals surface area (Å²) in [7, 11) is 4.58. The lowest BCUT2D eigenvalue weighted by Crippen LogP contribution is -2.21. The molecule has 9 nitrogen and oxygen atoms in total. The molecule has 32 heavy (non-hydrogen) atoms. The molecule has 3 rings (SSSR count). The molecule has 0 unspecified atom stereocenters. The Bertz CT molecular complexity index is 1080. The molecule has 1 amide bonds. The maximum absolute atomic E-state index is 12.5. The first-order chi connectivity index (χ1) is 15.2. The molecule has 0 aliphatic heterocycles. The van der Waals surface area contributed by atoms with E-state index in [1.807, 2.05) is 24.3 Å². The predicted molar refractivity (Wildman–Crippen MR) is 123 cm³/mol. The summed E-state index contributed by atoms with van der Waals surface area (Å²) in [6.45, 7) is 6.34. The number of nitrogen functional groups attached to an aromatic ring is 1. The molecule has 0 saturated carbocycles. The topological polar surface area (TPSA) is 114 Å². The Morgan fingerprint density at radius 2 is 1.62 bits per heavy atom. The number of carbonyl (C=O) groups is 1. The minimum atomic E-state index is -0.262. The Labute approximate surface area is 187 Å². The van der Waals surface area contributed by atoms with Crippen LogP contribution in [0.3, 0.4) is 0 Å². The Morgan fingerprint density at radius 3 is 2.12 bits per heavy atom. The van der Waals surface area contributed by atoms with Crippen LogP contribution in [0.2, 0.25) is 0 Å². The molecule has 0 bridgehead atoms. The first-order valence-corrected chi connectivity index (χ1v) is 10.1. The molecule has 0 atom stereocenters. The molecule has 0 radical (unpaired) electrons. The maximum Gasteiger partial charge on any atom is 0.246 e. The number of hydrogen-bond acceptors (Lipinski definition) is 7. The molecule has 0 aliphatic rings. The van der Waals surface area contributed by atoms with Crippen LogP contribution >= 0.6 is 0 Å². The Balaban J connectivity index is 1.78. The van der Waals surface area contributed by atoms with E-state index in [-0.39, 0.29) is 23.8 Å². The van der Waals surface area contributed by atoms with Gasteiger partial charge in [0.05, 0.1) is 21.3 Å². The van der Waals surface area contributed by atoms with Crippen molar-refractivity contribution < 1.29 is 19.0 Å². The lowest BCUT2D eigenvalue weighted by molar-refractivity contribution is -0.116. The molecule has 0 spiro atoms. The summed E-state index contributed by atoms with van der Waals surface area (Å²) in [5, 5.41) is 7.24. The number of aromatic nitrogens is 3. The number of hydrogen-bond donors (Lipinski definition) is 2. The number of ether oxygens (including phenoxy) is 3. The van der Waals surface area contributed by atoms with E-state index in [1.165, 1.54) is 31.6 Å². The molecule has 170 valence electrons. The second kappa shape index (κ2) is 9.17. The van der Waals surface area contributed by atoms with Crippen molar-refractivity contribution >= 4 is 17.5 Å². The number of nitrogens with two attached hydrogens (primary N) is 1. The summed E-state index contributed by atoms with van der Waals surface area (Å²) in [5.41, 5.74) is 8.55. The third-order valence-corrected chi connectivity index (χ3v) is 4.95. The van der Waals surface area contributed by atoms with Crippen molar-refractivity contribution in [1.82, 2.24) is 14.8 Å². The normalized spacial score (nSPS) is 11.2. The van der Waals surface area contributed by atoms with E-state index < -0.39 is 0 Å². The van der Waals surface area contributed by atoms with Gasteiger partial charge in [-0.2, -0.15) is 4.98 Å². The van der Waals surface area contributed by atoms with Gasteiger partial charge in [0.25, 0.3) is 0 Å². The number of carbonyl (C=O) groups excluding carboxylic acids is 1. The first-order valence-electron chi connectivity index (χ1n) is 10.1. The average molecular weight is 440 g/mol. The van der Waals surface area contributed by atoms with Crippen LogP contribution in [0, 0.1) is 0 Å². The van der Waals surface area contributed by atoms with Gasteiger partial charge in [-0.25, -0.2) is 4.68 Å². The SMILES string of the molecule is COc1cc(-c2nc(N)n(CC(=O)Nc3ccc(C(C)(C)C)cc3)n2)cc(OC)c1OC. The van der Waals surface area contributed by atoms with Gasteiger partial charge >= 0.3 is 0 Å². The number of nitrogens with one attached hydrogen (secondary N) is 1. The zero-order valence-corrected chi connectivity index (χ0v) is 19.2. The van der Waals surface area contributed by atoms with Crippen LogP contribution in [0.1, 0.15) is 26.3 Å². The summed E-state index contributed by atoms with van der Waals surface area (Å²) in [6, 6.07) is 11.2. The van der Waals surface area contributed by atoms with E-state index in [2.05, 4.69) is 36.2 Å². The van der Waals surface area contributed by atoms with Crippen molar-refractivity contribution in [2.45, 2.75) is 32.7 Å². The van der Waals surface area contributed by atoms with Gasteiger partial charge in [0.2, 0.25) is 17.6 Å². The average Bonchev–Trinajstić information content (AvgIpc) is 3.12. The van der Waals surface area contributed by atoms with E-state index in [0.29, 0.717) is 34.3 Å². The third kappa shape index (κ3) is 4.93. The van der Waals surface area contributed by atoms with Gasteiger partial charge in [0, 0.05) is 11.3 Å². The van der Waals surface area contributed by atoms with Gasteiger partial charge in [-0.05, 0) is 35.2 Å². The smallest absolute Gasteiger partial charge is 0.246 e. The van der Waals surface area contributed by atoms with Crippen LogP contribution in [-0.4, -0.2) is 42.0 Å².